The molecule has 3 N–H and O–H groups in total. The zero-order valence-corrected chi connectivity index (χ0v) is 18.1. The Morgan fingerprint density at radius 3 is 2.47 bits per heavy atom. The van der Waals surface area contributed by atoms with E-state index >= 15 is 0 Å². The van der Waals surface area contributed by atoms with Crippen molar-refractivity contribution in [2.45, 2.75) is 52.8 Å². The van der Waals surface area contributed by atoms with Gasteiger partial charge in [0.25, 0.3) is 0 Å². The van der Waals surface area contributed by atoms with Crippen molar-refractivity contribution >= 4 is 17.7 Å². The lowest BCUT2D eigenvalue weighted by Gasteiger charge is -2.20. The van der Waals surface area contributed by atoms with Crippen LogP contribution in [0.1, 0.15) is 50.4 Å². The third kappa shape index (κ3) is 6.99. The highest BCUT2D eigenvalue weighted by atomic mass is 16.6. The Morgan fingerprint density at radius 1 is 1.13 bits per heavy atom. The molecule has 0 aromatic heterocycles. The van der Waals surface area contributed by atoms with Crippen LogP contribution in [0.2, 0.25) is 0 Å². The first-order chi connectivity index (χ1) is 14.1. The summed E-state index contributed by atoms with van der Waals surface area (Å²) in [5.41, 5.74) is 2.54. The third-order valence-corrected chi connectivity index (χ3v) is 4.23. The zero-order chi connectivity index (χ0) is 22.3. The smallest absolute Gasteiger partial charge is 0.407 e. The average Bonchev–Trinajstić information content (AvgIpc) is 2.64. The fraction of sp³-hybridized carbons (Fsp3) is 0.391. The predicted molar refractivity (Wildman–Crippen MR) is 116 cm³/mol. The van der Waals surface area contributed by atoms with Gasteiger partial charge in [0, 0.05) is 12.2 Å². The number of anilines is 1. The molecule has 1 atom stereocenters. The van der Waals surface area contributed by atoms with Crippen LogP contribution in [-0.2, 0) is 16.1 Å². The molecule has 0 saturated heterocycles. The maximum atomic E-state index is 11.9. The number of carboxylic acids is 1. The van der Waals surface area contributed by atoms with Crippen LogP contribution in [0.3, 0.4) is 0 Å². The number of carbonyl (C=O) groups excluding carboxylic acids is 1. The number of alkyl carbamates (subject to hydrolysis) is 1. The Morgan fingerprint density at radius 2 is 1.87 bits per heavy atom. The van der Waals surface area contributed by atoms with Gasteiger partial charge in [0.1, 0.15) is 11.4 Å². The van der Waals surface area contributed by atoms with E-state index in [0.29, 0.717) is 30.2 Å². The average molecular weight is 415 g/mol. The molecule has 0 bridgehead atoms. The first kappa shape index (κ1) is 23.1. The summed E-state index contributed by atoms with van der Waals surface area (Å²) in [5, 5.41) is 15.5. The Hall–Kier alpha value is -3.22. The van der Waals surface area contributed by atoms with Crippen LogP contribution < -0.4 is 15.4 Å². The summed E-state index contributed by atoms with van der Waals surface area (Å²) in [6.07, 6.45) is -0.482. The first-order valence-electron chi connectivity index (χ1n) is 9.87. The highest BCUT2D eigenvalue weighted by Crippen LogP contribution is 2.25. The molecule has 1 amide bonds. The van der Waals surface area contributed by atoms with Gasteiger partial charge in [0.05, 0.1) is 6.61 Å². The molecular weight excluding hydrogens is 384 g/mol. The van der Waals surface area contributed by atoms with Gasteiger partial charge in [-0.1, -0.05) is 18.2 Å². The molecule has 7 heteroatoms. The minimum atomic E-state index is -0.989. The number of rotatable bonds is 8. The molecule has 7 nitrogen and oxygen atoms in total. The van der Waals surface area contributed by atoms with Crippen molar-refractivity contribution < 1.29 is 24.2 Å². The molecule has 0 heterocycles. The summed E-state index contributed by atoms with van der Waals surface area (Å²) >= 11 is 0. The molecule has 0 spiro atoms. The number of aryl methyl sites for hydroxylation is 1. The van der Waals surface area contributed by atoms with Gasteiger partial charge in [0.2, 0.25) is 0 Å². The summed E-state index contributed by atoms with van der Waals surface area (Å²) in [6, 6.07) is 11.6. The van der Waals surface area contributed by atoms with Crippen LogP contribution in [0, 0.1) is 6.92 Å². The summed E-state index contributed by atoms with van der Waals surface area (Å²) in [7, 11) is 0. The predicted octanol–water partition coefficient (Wildman–Crippen LogP) is 4.66. The molecular formula is C23H30N2O5. The molecule has 0 aliphatic rings. The van der Waals surface area contributed by atoms with E-state index in [9.17, 15) is 14.7 Å². The van der Waals surface area contributed by atoms with Gasteiger partial charge in [-0.15, -0.1) is 0 Å². The monoisotopic (exact) mass is 414 g/mol. The minimum absolute atomic E-state index is 0.319. The molecule has 0 fully saturated rings. The van der Waals surface area contributed by atoms with Crippen LogP contribution in [0.4, 0.5) is 10.5 Å². The number of carboxylic acid groups (broad SMARTS) is 1. The summed E-state index contributed by atoms with van der Waals surface area (Å²) in [4.78, 5) is 23.7. The molecule has 30 heavy (non-hydrogen) atoms. The summed E-state index contributed by atoms with van der Waals surface area (Å²) in [6.45, 7) is 10.0. The van der Waals surface area contributed by atoms with Crippen molar-refractivity contribution in [3.63, 3.8) is 0 Å². The molecule has 0 aliphatic heterocycles. The van der Waals surface area contributed by atoms with E-state index in [1.807, 2.05) is 26.0 Å². The van der Waals surface area contributed by atoms with Gasteiger partial charge in [0.15, 0.2) is 6.04 Å². The maximum absolute atomic E-state index is 11.9. The number of benzene rings is 2. The highest BCUT2D eigenvalue weighted by molar-refractivity contribution is 5.79. The van der Waals surface area contributed by atoms with Crippen molar-refractivity contribution in [2.75, 3.05) is 11.9 Å². The zero-order valence-electron chi connectivity index (χ0n) is 18.1. The van der Waals surface area contributed by atoms with Gasteiger partial charge < -0.3 is 25.2 Å². The maximum Gasteiger partial charge on any atom is 0.407 e. The SMILES string of the molecule is CCOc1cccc(C(Nc2ccc(CNC(=O)OC(C)(C)C)c(C)c2)C(=O)O)c1. The van der Waals surface area contributed by atoms with Gasteiger partial charge in [-0.2, -0.15) is 0 Å². The normalized spacial score (nSPS) is 12.0. The Labute approximate surface area is 177 Å². The Kier molecular flexibility index (Phi) is 7.69. The van der Waals surface area contributed by atoms with E-state index < -0.39 is 23.7 Å². The third-order valence-electron chi connectivity index (χ3n) is 4.23. The second-order valence-electron chi connectivity index (χ2n) is 7.92. The van der Waals surface area contributed by atoms with E-state index in [2.05, 4.69) is 10.6 Å². The van der Waals surface area contributed by atoms with E-state index in [0.717, 1.165) is 11.1 Å². The minimum Gasteiger partial charge on any atom is -0.494 e. The molecule has 0 radical (unpaired) electrons. The number of carbonyl (C=O) groups is 2. The molecule has 2 aromatic carbocycles. The van der Waals surface area contributed by atoms with E-state index in [1.54, 1.807) is 51.1 Å². The molecule has 2 aromatic rings. The van der Waals surface area contributed by atoms with Crippen LogP contribution in [0.25, 0.3) is 0 Å². The van der Waals surface area contributed by atoms with E-state index in [1.165, 1.54) is 0 Å². The fourth-order valence-electron chi connectivity index (χ4n) is 2.87. The standard InChI is InChI=1S/C23H30N2O5/c1-6-29-19-9-7-8-16(13-19)20(21(26)27)25-18-11-10-17(15(2)12-18)14-24-22(28)30-23(3,4)5/h7-13,20,25H,6,14H2,1-5H3,(H,24,28)(H,26,27). The van der Waals surface area contributed by atoms with Crippen LogP contribution in [-0.4, -0.2) is 29.4 Å². The van der Waals surface area contributed by atoms with Crippen LogP contribution >= 0.6 is 0 Å². The molecule has 2 rings (SSSR count). The quantitative estimate of drug-likeness (QED) is 0.581. The number of nitrogens with one attached hydrogen (secondary N) is 2. The van der Waals surface area contributed by atoms with Crippen LogP contribution in [0.15, 0.2) is 42.5 Å². The largest absolute Gasteiger partial charge is 0.494 e. The molecule has 162 valence electrons. The Bertz CT molecular complexity index is 889. The second-order valence-corrected chi connectivity index (χ2v) is 7.92. The number of ether oxygens (including phenoxy) is 2. The van der Waals surface area contributed by atoms with Crippen molar-refractivity contribution in [1.82, 2.24) is 5.32 Å². The fourth-order valence-corrected chi connectivity index (χ4v) is 2.87. The van der Waals surface area contributed by atoms with Gasteiger partial charge in [-0.25, -0.2) is 9.59 Å². The summed E-state index contributed by atoms with van der Waals surface area (Å²) in [5.74, 6) is -0.361. The van der Waals surface area contributed by atoms with Crippen molar-refractivity contribution in [1.29, 1.82) is 0 Å². The molecule has 0 saturated carbocycles. The van der Waals surface area contributed by atoms with Gasteiger partial charge in [-0.05, 0) is 75.6 Å². The van der Waals surface area contributed by atoms with Crippen LogP contribution in [0.5, 0.6) is 5.75 Å². The number of hydrogen-bond acceptors (Lipinski definition) is 5. The molecule has 0 aliphatic carbocycles. The highest BCUT2D eigenvalue weighted by Gasteiger charge is 2.21. The Balaban J connectivity index is 2.10. The van der Waals surface area contributed by atoms with Crippen molar-refractivity contribution in [3.8, 4) is 5.75 Å². The van der Waals surface area contributed by atoms with E-state index in [-0.39, 0.29) is 0 Å². The summed E-state index contributed by atoms with van der Waals surface area (Å²) < 4.78 is 10.7. The molecule has 1 unspecified atom stereocenters. The number of hydrogen-bond donors (Lipinski definition) is 3. The number of aliphatic carboxylic acids is 1. The topological polar surface area (TPSA) is 96.9 Å². The lowest BCUT2D eigenvalue weighted by Crippen LogP contribution is -2.32. The number of amides is 1. The second kappa shape index (κ2) is 10.0. The van der Waals surface area contributed by atoms with Crippen molar-refractivity contribution in [2.24, 2.45) is 0 Å². The van der Waals surface area contributed by atoms with E-state index in [4.69, 9.17) is 9.47 Å². The lowest BCUT2D eigenvalue weighted by molar-refractivity contribution is -0.138. The first-order valence-corrected chi connectivity index (χ1v) is 9.87. The van der Waals surface area contributed by atoms with Gasteiger partial charge in [-0.3, -0.25) is 0 Å². The van der Waals surface area contributed by atoms with Crippen molar-refractivity contribution in [3.05, 3.63) is 59.2 Å². The lowest BCUT2D eigenvalue weighted by atomic mass is 10.0. The van der Waals surface area contributed by atoms with Gasteiger partial charge >= 0.3 is 12.1 Å².